The molecule has 0 aliphatic carbocycles. The summed E-state index contributed by atoms with van der Waals surface area (Å²) < 4.78 is 5.19. The molecule has 1 aromatic rings. The van der Waals surface area contributed by atoms with Gasteiger partial charge >= 0.3 is 0 Å². The van der Waals surface area contributed by atoms with Crippen molar-refractivity contribution in [3.63, 3.8) is 0 Å². The summed E-state index contributed by atoms with van der Waals surface area (Å²) in [6.45, 7) is 6.46. The van der Waals surface area contributed by atoms with E-state index in [-0.39, 0.29) is 6.04 Å². The van der Waals surface area contributed by atoms with Crippen molar-refractivity contribution in [3.05, 3.63) is 49.0 Å². The van der Waals surface area contributed by atoms with Gasteiger partial charge in [0.2, 0.25) is 0 Å². The summed E-state index contributed by atoms with van der Waals surface area (Å²) in [4.78, 5) is 0. The molecule has 70 valence electrons. The molecule has 1 rings (SSSR count). The molecule has 13 heavy (non-hydrogen) atoms. The van der Waals surface area contributed by atoms with E-state index in [4.69, 9.17) is 4.42 Å². The highest BCUT2D eigenvalue weighted by molar-refractivity contribution is 5.04. The Kier molecular flexibility index (Phi) is 4.06. The van der Waals surface area contributed by atoms with Crippen LogP contribution in [-0.4, -0.2) is 6.04 Å². The van der Waals surface area contributed by atoms with Crippen LogP contribution in [0.2, 0.25) is 0 Å². The third-order valence-corrected chi connectivity index (χ3v) is 1.75. The van der Waals surface area contributed by atoms with E-state index in [9.17, 15) is 0 Å². The first-order chi connectivity index (χ1) is 6.36. The minimum atomic E-state index is 0.218. The molecular weight excluding hydrogens is 162 g/mol. The summed E-state index contributed by atoms with van der Waals surface area (Å²) in [5.74, 6) is 0.941. The Balaban J connectivity index is 2.36. The summed E-state index contributed by atoms with van der Waals surface area (Å²) in [5, 5.41) is 3.27. The topological polar surface area (TPSA) is 25.2 Å². The maximum Gasteiger partial charge on any atom is 0.117 e. The van der Waals surface area contributed by atoms with Gasteiger partial charge in [-0.2, -0.15) is 0 Å². The zero-order valence-corrected chi connectivity index (χ0v) is 7.86. The summed E-state index contributed by atoms with van der Waals surface area (Å²) >= 11 is 0. The van der Waals surface area contributed by atoms with E-state index >= 15 is 0 Å². The standard InChI is InChI=1S/C11H15NO/c1-3-6-10(4-2)12-9-11-7-5-8-13-11/h3-8,10,12H,2,9H2,1H3/b6-3+/t10-/m0/s1. The molecule has 1 atom stereocenters. The van der Waals surface area contributed by atoms with E-state index in [2.05, 4.69) is 18.0 Å². The third kappa shape index (κ3) is 3.30. The lowest BCUT2D eigenvalue weighted by molar-refractivity contribution is 0.481. The molecule has 0 radical (unpaired) electrons. The Morgan fingerprint density at radius 3 is 3.08 bits per heavy atom. The molecule has 0 aliphatic rings. The Bertz CT molecular complexity index is 262. The number of nitrogens with one attached hydrogen (secondary N) is 1. The summed E-state index contributed by atoms with van der Waals surface area (Å²) in [7, 11) is 0. The van der Waals surface area contributed by atoms with Crippen LogP contribution in [0.4, 0.5) is 0 Å². The third-order valence-electron chi connectivity index (χ3n) is 1.75. The molecule has 0 amide bonds. The lowest BCUT2D eigenvalue weighted by Gasteiger charge is -2.07. The van der Waals surface area contributed by atoms with E-state index < -0.39 is 0 Å². The van der Waals surface area contributed by atoms with Crippen molar-refractivity contribution in [1.29, 1.82) is 0 Å². The van der Waals surface area contributed by atoms with Gasteiger partial charge in [0.25, 0.3) is 0 Å². The van der Waals surface area contributed by atoms with Crippen LogP contribution >= 0.6 is 0 Å². The second kappa shape index (κ2) is 5.38. The molecule has 1 N–H and O–H groups in total. The fraction of sp³-hybridized carbons (Fsp3) is 0.273. The van der Waals surface area contributed by atoms with Crippen molar-refractivity contribution in [2.45, 2.75) is 19.5 Å². The maximum absolute atomic E-state index is 5.19. The first kappa shape index (κ1) is 9.81. The predicted molar refractivity (Wildman–Crippen MR) is 54.3 cm³/mol. The van der Waals surface area contributed by atoms with Crippen molar-refractivity contribution in [3.8, 4) is 0 Å². The lowest BCUT2D eigenvalue weighted by atomic mass is 10.2. The Hall–Kier alpha value is -1.28. The van der Waals surface area contributed by atoms with E-state index in [1.807, 2.05) is 31.2 Å². The molecule has 0 saturated carbocycles. The first-order valence-corrected chi connectivity index (χ1v) is 4.38. The van der Waals surface area contributed by atoms with Gasteiger partial charge in [0.15, 0.2) is 0 Å². The number of furan rings is 1. The molecule has 0 bridgehead atoms. The van der Waals surface area contributed by atoms with Gasteiger partial charge in [0.1, 0.15) is 5.76 Å². The quantitative estimate of drug-likeness (QED) is 0.699. The Morgan fingerprint density at radius 2 is 2.54 bits per heavy atom. The molecule has 1 aromatic heterocycles. The van der Waals surface area contributed by atoms with Gasteiger partial charge in [-0.3, -0.25) is 0 Å². The van der Waals surface area contributed by atoms with Gasteiger partial charge in [-0.05, 0) is 19.1 Å². The van der Waals surface area contributed by atoms with Gasteiger partial charge in [-0.1, -0.05) is 18.2 Å². The number of rotatable bonds is 5. The van der Waals surface area contributed by atoms with Crippen molar-refractivity contribution >= 4 is 0 Å². The summed E-state index contributed by atoms with van der Waals surface area (Å²) in [5.41, 5.74) is 0. The highest BCUT2D eigenvalue weighted by Gasteiger charge is 1.99. The van der Waals surface area contributed by atoms with Gasteiger partial charge in [0.05, 0.1) is 12.8 Å². The smallest absolute Gasteiger partial charge is 0.117 e. The first-order valence-electron chi connectivity index (χ1n) is 4.38. The Labute approximate surface area is 79.0 Å². The molecule has 1 heterocycles. The van der Waals surface area contributed by atoms with Crippen LogP contribution in [0.25, 0.3) is 0 Å². The van der Waals surface area contributed by atoms with Gasteiger partial charge in [-0.15, -0.1) is 6.58 Å². The molecule has 0 saturated heterocycles. The largest absolute Gasteiger partial charge is 0.468 e. The van der Waals surface area contributed by atoms with Gasteiger partial charge in [0, 0.05) is 6.04 Å². The lowest BCUT2D eigenvalue weighted by Crippen LogP contribution is -2.23. The molecule has 0 fully saturated rings. The zero-order valence-electron chi connectivity index (χ0n) is 7.86. The summed E-state index contributed by atoms with van der Waals surface area (Å²) in [6.07, 6.45) is 7.59. The van der Waals surface area contributed by atoms with Crippen LogP contribution in [-0.2, 0) is 6.54 Å². The van der Waals surface area contributed by atoms with Crippen molar-refractivity contribution in [2.24, 2.45) is 0 Å². The highest BCUT2D eigenvalue weighted by Crippen LogP contribution is 2.00. The monoisotopic (exact) mass is 177 g/mol. The second-order valence-electron chi connectivity index (χ2n) is 2.75. The maximum atomic E-state index is 5.19. The van der Waals surface area contributed by atoms with Gasteiger partial charge in [-0.25, -0.2) is 0 Å². The number of allylic oxidation sites excluding steroid dienone is 1. The van der Waals surface area contributed by atoms with Crippen LogP contribution in [0.3, 0.4) is 0 Å². The second-order valence-corrected chi connectivity index (χ2v) is 2.75. The molecule has 2 heteroatoms. The molecule has 0 aromatic carbocycles. The van der Waals surface area contributed by atoms with Crippen molar-refractivity contribution in [2.75, 3.05) is 0 Å². The van der Waals surface area contributed by atoms with Crippen LogP contribution in [0.15, 0.2) is 47.6 Å². The average molecular weight is 177 g/mol. The minimum Gasteiger partial charge on any atom is -0.468 e. The zero-order chi connectivity index (χ0) is 9.52. The minimum absolute atomic E-state index is 0.218. The molecule has 0 spiro atoms. The van der Waals surface area contributed by atoms with Crippen LogP contribution < -0.4 is 5.32 Å². The van der Waals surface area contributed by atoms with Crippen molar-refractivity contribution < 1.29 is 4.42 Å². The van der Waals surface area contributed by atoms with E-state index in [1.165, 1.54) is 0 Å². The molecule has 2 nitrogen and oxygen atoms in total. The van der Waals surface area contributed by atoms with E-state index in [0.29, 0.717) is 0 Å². The normalized spacial score (nSPS) is 13.3. The molecule has 0 aliphatic heterocycles. The SMILES string of the molecule is C=C[C@@H](/C=C/C)NCc1ccco1. The van der Waals surface area contributed by atoms with Crippen molar-refractivity contribution in [1.82, 2.24) is 5.32 Å². The predicted octanol–water partition coefficient (Wildman–Crippen LogP) is 2.50. The van der Waals surface area contributed by atoms with E-state index in [0.717, 1.165) is 12.3 Å². The Morgan fingerprint density at radius 1 is 1.69 bits per heavy atom. The van der Waals surface area contributed by atoms with Crippen LogP contribution in [0.5, 0.6) is 0 Å². The van der Waals surface area contributed by atoms with Crippen LogP contribution in [0, 0.1) is 0 Å². The van der Waals surface area contributed by atoms with Gasteiger partial charge < -0.3 is 9.73 Å². The number of hydrogen-bond acceptors (Lipinski definition) is 2. The van der Waals surface area contributed by atoms with E-state index in [1.54, 1.807) is 6.26 Å². The highest BCUT2D eigenvalue weighted by atomic mass is 16.3. The number of hydrogen-bond donors (Lipinski definition) is 1. The molecular formula is C11H15NO. The summed E-state index contributed by atoms with van der Waals surface area (Å²) in [6, 6.07) is 4.05. The average Bonchev–Trinajstić information content (AvgIpc) is 2.64. The molecule has 0 unspecified atom stereocenters. The fourth-order valence-corrected chi connectivity index (χ4v) is 1.07. The fourth-order valence-electron chi connectivity index (χ4n) is 1.07. The van der Waals surface area contributed by atoms with Crippen LogP contribution in [0.1, 0.15) is 12.7 Å².